The summed E-state index contributed by atoms with van der Waals surface area (Å²) < 4.78 is 6.33. The van der Waals surface area contributed by atoms with E-state index in [0.29, 0.717) is 16.8 Å². The van der Waals surface area contributed by atoms with Crippen LogP contribution in [0, 0.1) is 0 Å². The molecule has 1 heterocycles. The summed E-state index contributed by atoms with van der Waals surface area (Å²) in [6.07, 6.45) is 0. The highest BCUT2D eigenvalue weighted by Crippen LogP contribution is 2.14. The minimum absolute atomic E-state index is 0.116. The predicted octanol–water partition coefficient (Wildman–Crippen LogP) is 1.94. The van der Waals surface area contributed by atoms with Gasteiger partial charge in [-0.15, -0.1) is 0 Å². The first kappa shape index (κ1) is 13.0. The number of phenolic OH excluding ortho intramolecular Hbond substituents is 1. The summed E-state index contributed by atoms with van der Waals surface area (Å²) in [5.41, 5.74) is 1.56. The van der Waals surface area contributed by atoms with Gasteiger partial charge in [0.15, 0.2) is 5.58 Å². The third-order valence-electron chi connectivity index (χ3n) is 3.03. The Bertz CT molecular complexity index is 846. The van der Waals surface area contributed by atoms with Crippen LogP contribution in [-0.4, -0.2) is 15.6 Å². The molecule has 6 nitrogen and oxygen atoms in total. The highest BCUT2D eigenvalue weighted by atomic mass is 16.4. The van der Waals surface area contributed by atoms with Crippen molar-refractivity contribution in [2.24, 2.45) is 0 Å². The van der Waals surface area contributed by atoms with E-state index in [1.807, 2.05) is 0 Å². The number of fused-ring (bicyclic) bond motifs is 1. The van der Waals surface area contributed by atoms with Gasteiger partial charge < -0.3 is 14.8 Å². The average Bonchev–Trinajstić information content (AvgIpc) is 2.78. The number of rotatable bonds is 3. The first-order valence-corrected chi connectivity index (χ1v) is 6.31. The molecule has 3 aromatic rings. The van der Waals surface area contributed by atoms with Crippen LogP contribution in [0.3, 0.4) is 0 Å². The van der Waals surface area contributed by atoms with Crippen LogP contribution in [0.15, 0.2) is 57.7 Å². The number of nitrogens with zero attached hydrogens (tertiary/aromatic N) is 1. The molecule has 1 aromatic heterocycles. The van der Waals surface area contributed by atoms with Crippen molar-refractivity contribution in [1.29, 1.82) is 0 Å². The Morgan fingerprint density at radius 2 is 1.86 bits per heavy atom. The maximum Gasteiger partial charge on any atom is 0.420 e. The lowest BCUT2D eigenvalue weighted by molar-refractivity contribution is -0.116. The molecule has 0 aliphatic rings. The van der Waals surface area contributed by atoms with Crippen LogP contribution in [0.5, 0.6) is 5.75 Å². The fraction of sp³-hybridized carbons (Fsp3) is 0.0667. The molecule has 21 heavy (non-hydrogen) atoms. The van der Waals surface area contributed by atoms with E-state index in [4.69, 9.17) is 4.42 Å². The van der Waals surface area contributed by atoms with E-state index in [-0.39, 0.29) is 18.2 Å². The molecule has 0 saturated heterocycles. The number of oxazole rings is 1. The van der Waals surface area contributed by atoms with Crippen molar-refractivity contribution in [3.8, 4) is 5.75 Å². The number of aromatic nitrogens is 1. The Morgan fingerprint density at radius 3 is 2.62 bits per heavy atom. The molecule has 1 amide bonds. The molecule has 3 rings (SSSR count). The van der Waals surface area contributed by atoms with Gasteiger partial charge in [0, 0.05) is 5.69 Å². The molecule has 0 bridgehead atoms. The van der Waals surface area contributed by atoms with Gasteiger partial charge in [-0.1, -0.05) is 12.1 Å². The maximum absolute atomic E-state index is 12.0. The number of para-hydroxylation sites is 2. The fourth-order valence-corrected chi connectivity index (χ4v) is 2.05. The van der Waals surface area contributed by atoms with Gasteiger partial charge in [-0.05, 0) is 36.4 Å². The van der Waals surface area contributed by atoms with Crippen LogP contribution in [-0.2, 0) is 11.3 Å². The highest BCUT2D eigenvalue weighted by molar-refractivity contribution is 5.91. The van der Waals surface area contributed by atoms with E-state index in [1.54, 1.807) is 36.4 Å². The summed E-state index contributed by atoms with van der Waals surface area (Å²) in [6.45, 7) is -0.142. The van der Waals surface area contributed by atoms with Gasteiger partial charge in [0.05, 0.1) is 5.52 Å². The van der Waals surface area contributed by atoms with Gasteiger partial charge in [-0.2, -0.15) is 0 Å². The third kappa shape index (κ3) is 2.64. The minimum atomic E-state index is -0.572. The molecule has 0 radical (unpaired) electrons. The molecular weight excluding hydrogens is 272 g/mol. The normalized spacial score (nSPS) is 10.7. The van der Waals surface area contributed by atoms with Crippen LogP contribution in [0.1, 0.15) is 0 Å². The molecule has 2 aromatic carbocycles. The number of benzene rings is 2. The molecule has 106 valence electrons. The zero-order valence-corrected chi connectivity index (χ0v) is 10.9. The largest absolute Gasteiger partial charge is 0.508 e. The molecule has 6 heteroatoms. The zero-order chi connectivity index (χ0) is 14.8. The van der Waals surface area contributed by atoms with Crippen LogP contribution < -0.4 is 11.1 Å². The topological polar surface area (TPSA) is 84.5 Å². The van der Waals surface area contributed by atoms with Crippen LogP contribution >= 0.6 is 0 Å². The quantitative estimate of drug-likeness (QED) is 0.720. The number of amides is 1. The first-order valence-electron chi connectivity index (χ1n) is 6.31. The molecule has 0 unspecified atom stereocenters. The first-order chi connectivity index (χ1) is 10.1. The lowest BCUT2D eigenvalue weighted by atomic mass is 10.3. The van der Waals surface area contributed by atoms with E-state index in [9.17, 15) is 14.7 Å². The Hall–Kier alpha value is -3.02. The summed E-state index contributed by atoms with van der Waals surface area (Å²) in [7, 11) is 0. The molecular formula is C15H12N2O4. The molecule has 0 atom stereocenters. The number of carbonyl (C=O) groups is 1. The van der Waals surface area contributed by atoms with E-state index in [1.165, 1.54) is 16.7 Å². The molecule has 0 saturated carbocycles. The standard InChI is InChI=1S/C15H12N2O4/c18-11-7-5-10(6-8-11)16-14(19)9-17-12-3-1-2-4-13(12)21-15(17)20/h1-8,18H,9H2,(H,16,19). The number of anilines is 1. The van der Waals surface area contributed by atoms with E-state index in [2.05, 4.69) is 5.32 Å². The second-order valence-electron chi connectivity index (χ2n) is 4.52. The number of carbonyl (C=O) groups excluding carboxylic acids is 1. The number of nitrogens with one attached hydrogen (secondary N) is 1. The van der Waals surface area contributed by atoms with Crippen molar-refractivity contribution in [3.63, 3.8) is 0 Å². The van der Waals surface area contributed by atoms with Gasteiger partial charge in [-0.3, -0.25) is 9.36 Å². The number of hydrogen-bond acceptors (Lipinski definition) is 4. The predicted molar refractivity (Wildman–Crippen MR) is 77.2 cm³/mol. The van der Waals surface area contributed by atoms with Gasteiger partial charge in [0.2, 0.25) is 5.91 Å². The number of phenols is 1. The van der Waals surface area contributed by atoms with Crippen molar-refractivity contribution in [1.82, 2.24) is 4.57 Å². The summed E-state index contributed by atoms with van der Waals surface area (Å²) in [5.74, 6) is -0.809. The van der Waals surface area contributed by atoms with Crippen molar-refractivity contribution in [3.05, 3.63) is 59.1 Å². The summed E-state index contributed by atoms with van der Waals surface area (Å²) in [5, 5.41) is 11.8. The van der Waals surface area contributed by atoms with Gasteiger partial charge in [0.1, 0.15) is 12.3 Å². The Morgan fingerprint density at radius 1 is 1.14 bits per heavy atom. The zero-order valence-electron chi connectivity index (χ0n) is 10.9. The summed E-state index contributed by atoms with van der Waals surface area (Å²) >= 11 is 0. The van der Waals surface area contributed by atoms with Gasteiger partial charge >= 0.3 is 5.76 Å². The number of hydrogen-bond donors (Lipinski definition) is 2. The van der Waals surface area contributed by atoms with Crippen molar-refractivity contribution in [2.75, 3.05) is 5.32 Å². The van der Waals surface area contributed by atoms with Crippen LogP contribution in [0.2, 0.25) is 0 Å². The van der Waals surface area contributed by atoms with E-state index in [0.717, 1.165) is 0 Å². The lowest BCUT2D eigenvalue weighted by Crippen LogP contribution is -2.24. The van der Waals surface area contributed by atoms with Crippen molar-refractivity contribution in [2.45, 2.75) is 6.54 Å². The molecule has 2 N–H and O–H groups in total. The fourth-order valence-electron chi connectivity index (χ4n) is 2.05. The van der Waals surface area contributed by atoms with Crippen molar-refractivity contribution >= 4 is 22.7 Å². The SMILES string of the molecule is O=C(Cn1c(=O)oc2ccccc21)Nc1ccc(O)cc1. The van der Waals surface area contributed by atoms with Crippen LogP contribution in [0.4, 0.5) is 5.69 Å². The van der Waals surface area contributed by atoms with E-state index >= 15 is 0 Å². The molecule has 0 aliphatic carbocycles. The molecule has 0 fully saturated rings. The highest BCUT2D eigenvalue weighted by Gasteiger charge is 2.12. The Kier molecular flexibility index (Phi) is 3.19. The second kappa shape index (κ2) is 5.16. The molecule has 0 spiro atoms. The van der Waals surface area contributed by atoms with E-state index < -0.39 is 5.76 Å². The smallest absolute Gasteiger partial charge is 0.420 e. The van der Waals surface area contributed by atoms with Crippen LogP contribution in [0.25, 0.3) is 11.1 Å². The maximum atomic E-state index is 12.0. The van der Waals surface area contributed by atoms with Gasteiger partial charge in [0.25, 0.3) is 0 Å². The summed E-state index contributed by atoms with van der Waals surface area (Å²) in [4.78, 5) is 23.7. The monoisotopic (exact) mass is 284 g/mol. The second-order valence-corrected chi connectivity index (χ2v) is 4.52. The third-order valence-corrected chi connectivity index (χ3v) is 3.03. The van der Waals surface area contributed by atoms with Crippen molar-refractivity contribution < 1.29 is 14.3 Å². The average molecular weight is 284 g/mol. The molecule has 0 aliphatic heterocycles. The lowest BCUT2D eigenvalue weighted by Gasteiger charge is -2.05. The number of aromatic hydroxyl groups is 1. The Balaban J connectivity index is 1.82. The summed E-state index contributed by atoms with van der Waals surface area (Å²) in [6, 6.07) is 13.0. The minimum Gasteiger partial charge on any atom is -0.508 e. The van der Waals surface area contributed by atoms with Gasteiger partial charge in [-0.25, -0.2) is 4.79 Å². The Labute approximate surface area is 119 Å².